The first-order valence-electron chi connectivity index (χ1n) is 6.39. The van der Waals surface area contributed by atoms with Gasteiger partial charge in [-0.1, -0.05) is 12.1 Å². The second kappa shape index (κ2) is 3.61. The number of nitrogens with zero attached hydrogens (tertiary/aromatic N) is 1. The Bertz CT molecular complexity index is 544. The summed E-state index contributed by atoms with van der Waals surface area (Å²) in [5.41, 5.74) is 1.49. The molecule has 1 aliphatic rings. The Kier molecular flexibility index (Phi) is 2.30. The van der Waals surface area contributed by atoms with Crippen LogP contribution in [0.5, 0.6) is 0 Å². The van der Waals surface area contributed by atoms with Crippen LogP contribution in [0.3, 0.4) is 0 Å². The molecular formula is C15H19NO. The molecule has 1 aromatic heterocycles. The molecule has 0 saturated heterocycles. The molecule has 2 nitrogen and oxygen atoms in total. The molecule has 0 spiro atoms. The van der Waals surface area contributed by atoms with Gasteiger partial charge < -0.3 is 9.67 Å². The molecule has 2 heteroatoms. The Hall–Kier alpha value is -1.28. The molecule has 0 atom stereocenters. The Balaban J connectivity index is 2.12. The monoisotopic (exact) mass is 229 g/mol. The quantitative estimate of drug-likeness (QED) is 0.836. The van der Waals surface area contributed by atoms with Crippen LogP contribution >= 0.6 is 0 Å². The van der Waals surface area contributed by atoms with Crippen molar-refractivity contribution in [3.8, 4) is 0 Å². The lowest BCUT2D eigenvalue weighted by atomic mass is 9.92. The lowest BCUT2D eigenvalue weighted by Gasteiger charge is -2.28. The summed E-state index contributed by atoms with van der Waals surface area (Å²) in [6.45, 7) is 3.68. The number of aliphatic hydroxyl groups is 1. The lowest BCUT2D eigenvalue weighted by Crippen LogP contribution is -2.17. The van der Waals surface area contributed by atoms with Gasteiger partial charge in [0.1, 0.15) is 0 Å². The third-order valence-electron chi connectivity index (χ3n) is 3.90. The van der Waals surface area contributed by atoms with E-state index in [4.69, 9.17) is 0 Å². The van der Waals surface area contributed by atoms with E-state index in [1.54, 1.807) is 0 Å². The molecule has 0 aliphatic heterocycles. The number of fused-ring (bicyclic) bond motifs is 1. The molecule has 1 aliphatic carbocycles. The van der Waals surface area contributed by atoms with Crippen molar-refractivity contribution < 1.29 is 5.11 Å². The van der Waals surface area contributed by atoms with Gasteiger partial charge in [-0.05, 0) is 56.2 Å². The van der Waals surface area contributed by atoms with E-state index in [0.29, 0.717) is 6.04 Å². The Morgan fingerprint density at radius 3 is 2.59 bits per heavy atom. The Labute approximate surface area is 102 Å². The van der Waals surface area contributed by atoms with Crippen LogP contribution in [0.2, 0.25) is 0 Å². The molecular weight excluding hydrogens is 210 g/mol. The van der Waals surface area contributed by atoms with Gasteiger partial charge in [0.2, 0.25) is 0 Å². The van der Waals surface area contributed by atoms with Gasteiger partial charge in [0, 0.05) is 17.8 Å². The van der Waals surface area contributed by atoms with E-state index < -0.39 is 5.60 Å². The minimum absolute atomic E-state index is 0.671. The fourth-order valence-corrected chi connectivity index (χ4v) is 2.51. The normalized spacial score (nSPS) is 17.4. The molecule has 0 amide bonds. The summed E-state index contributed by atoms with van der Waals surface area (Å²) in [5, 5.41) is 11.3. The molecule has 0 unspecified atom stereocenters. The van der Waals surface area contributed by atoms with Crippen molar-refractivity contribution in [1.29, 1.82) is 0 Å². The van der Waals surface area contributed by atoms with E-state index in [-0.39, 0.29) is 0 Å². The number of hydrogen-bond donors (Lipinski definition) is 1. The summed E-state index contributed by atoms with van der Waals surface area (Å²) < 4.78 is 2.37. The zero-order valence-corrected chi connectivity index (χ0v) is 10.5. The largest absolute Gasteiger partial charge is 0.386 e. The van der Waals surface area contributed by atoms with Crippen molar-refractivity contribution in [2.24, 2.45) is 0 Å². The van der Waals surface area contributed by atoms with Crippen LogP contribution in [-0.2, 0) is 5.60 Å². The smallest absolute Gasteiger partial charge is 0.0841 e. The van der Waals surface area contributed by atoms with E-state index in [0.717, 1.165) is 5.56 Å². The van der Waals surface area contributed by atoms with Gasteiger partial charge in [0.05, 0.1) is 5.60 Å². The predicted molar refractivity (Wildman–Crippen MR) is 70.1 cm³/mol. The SMILES string of the molecule is CC(C)(O)c1ccc2ccn(C3CCC3)c2c1. The summed E-state index contributed by atoms with van der Waals surface area (Å²) in [6, 6.07) is 9.10. The molecule has 90 valence electrons. The summed E-state index contributed by atoms with van der Waals surface area (Å²) >= 11 is 0. The third kappa shape index (κ3) is 1.77. The van der Waals surface area contributed by atoms with E-state index in [1.165, 1.54) is 30.2 Å². The van der Waals surface area contributed by atoms with Gasteiger partial charge in [0.25, 0.3) is 0 Å². The summed E-state index contributed by atoms with van der Waals surface area (Å²) in [7, 11) is 0. The van der Waals surface area contributed by atoms with Crippen molar-refractivity contribution in [3.63, 3.8) is 0 Å². The number of aromatic nitrogens is 1. The summed E-state index contributed by atoms with van der Waals surface area (Å²) in [5.74, 6) is 0. The second-order valence-electron chi connectivity index (χ2n) is 5.64. The van der Waals surface area contributed by atoms with Gasteiger partial charge in [-0.3, -0.25) is 0 Å². The summed E-state index contributed by atoms with van der Waals surface area (Å²) in [4.78, 5) is 0. The fourth-order valence-electron chi connectivity index (χ4n) is 2.51. The van der Waals surface area contributed by atoms with Crippen LogP contribution in [-0.4, -0.2) is 9.67 Å². The maximum absolute atomic E-state index is 10.1. The Morgan fingerprint density at radius 1 is 1.24 bits per heavy atom. The number of hydrogen-bond acceptors (Lipinski definition) is 1. The maximum Gasteiger partial charge on any atom is 0.0841 e. The number of rotatable bonds is 2. The van der Waals surface area contributed by atoms with Gasteiger partial charge in [0.15, 0.2) is 0 Å². The van der Waals surface area contributed by atoms with Crippen molar-refractivity contribution in [2.75, 3.05) is 0 Å². The van der Waals surface area contributed by atoms with Crippen molar-refractivity contribution >= 4 is 10.9 Å². The molecule has 1 aromatic carbocycles. The highest BCUT2D eigenvalue weighted by Crippen LogP contribution is 2.35. The van der Waals surface area contributed by atoms with Crippen LogP contribution < -0.4 is 0 Å². The highest BCUT2D eigenvalue weighted by Gasteiger charge is 2.22. The van der Waals surface area contributed by atoms with Crippen LogP contribution in [0.4, 0.5) is 0 Å². The van der Waals surface area contributed by atoms with Crippen LogP contribution in [0.25, 0.3) is 10.9 Å². The molecule has 2 aromatic rings. The first-order chi connectivity index (χ1) is 8.05. The minimum Gasteiger partial charge on any atom is -0.386 e. The molecule has 17 heavy (non-hydrogen) atoms. The average molecular weight is 229 g/mol. The van der Waals surface area contributed by atoms with Crippen LogP contribution in [0.15, 0.2) is 30.5 Å². The molecule has 1 heterocycles. The molecule has 0 bridgehead atoms. The highest BCUT2D eigenvalue weighted by atomic mass is 16.3. The van der Waals surface area contributed by atoms with Crippen LogP contribution in [0, 0.1) is 0 Å². The van der Waals surface area contributed by atoms with Gasteiger partial charge >= 0.3 is 0 Å². The first kappa shape index (κ1) is 10.8. The van der Waals surface area contributed by atoms with E-state index in [1.807, 2.05) is 19.9 Å². The molecule has 3 rings (SSSR count). The highest BCUT2D eigenvalue weighted by molar-refractivity contribution is 5.81. The van der Waals surface area contributed by atoms with Crippen LogP contribution in [0.1, 0.15) is 44.7 Å². The maximum atomic E-state index is 10.1. The molecule has 1 N–H and O–H groups in total. The standard InChI is InChI=1S/C15H19NO/c1-15(2,17)12-7-6-11-8-9-16(14(11)10-12)13-4-3-5-13/h6-10,13,17H,3-5H2,1-2H3. The zero-order valence-electron chi connectivity index (χ0n) is 10.5. The average Bonchev–Trinajstić information content (AvgIpc) is 2.57. The Morgan fingerprint density at radius 2 is 2.00 bits per heavy atom. The first-order valence-corrected chi connectivity index (χ1v) is 6.39. The van der Waals surface area contributed by atoms with Gasteiger partial charge in [-0.25, -0.2) is 0 Å². The molecule has 0 radical (unpaired) electrons. The van der Waals surface area contributed by atoms with Gasteiger partial charge in [-0.2, -0.15) is 0 Å². The van der Waals surface area contributed by atoms with Crippen molar-refractivity contribution in [3.05, 3.63) is 36.0 Å². The van der Waals surface area contributed by atoms with E-state index in [9.17, 15) is 5.11 Å². The second-order valence-corrected chi connectivity index (χ2v) is 5.64. The predicted octanol–water partition coefficient (Wildman–Crippen LogP) is 3.59. The van der Waals surface area contributed by atoms with Crippen molar-refractivity contribution in [1.82, 2.24) is 4.57 Å². The zero-order chi connectivity index (χ0) is 12.0. The minimum atomic E-state index is -0.761. The topological polar surface area (TPSA) is 25.2 Å². The van der Waals surface area contributed by atoms with E-state index in [2.05, 4.69) is 29.0 Å². The third-order valence-corrected chi connectivity index (χ3v) is 3.90. The van der Waals surface area contributed by atoms with E-state index >= 15 is 0 Å². The van der Waals surface area contributed by atoms with Crippen molar-refractivity contribution in [2.45, 2.75) is 44.8 Å². The summed E-state index contributed by atoms with van der Waals surface area (Å²) in [6.07, 6.45) is 6.10. The number of benzene rings is 1. The molecule has 1 fully saturated rings. The lowest BCUT2D eigenvalue weighted by molar-refractivity contribution is 0.0787. The van der Waals surface area contributed by atoms with Gasteiger partial charge in [-0.15, -0.1) is 0 Å². The fraction of sp³-hybridized carbons (Fsp3) is 0.467. The molecule has 1 saturated carbocycles.